The topological polar surface area (TPSA) is 100 Å². The number of esters is 1. The van der Waals surface area contributed by atoms with Gasteiger partial charge in [0, 0.05) is 0 Å². The lowest BCUT2D eigenvalue weighted by atomic mass is 10.1. The van der Waals surface area contributed by atoms with Gasteiger partial charge in [-0.3, -0.25) is 0 Å². The summed E-state index contributed by atoms with van der Waals surface area (Å²) in [7, 11) is 1.23. The van der Waals surface area contributed by atoms with E-state index in [-0.39, 0.29) is 17.1 Å². The zero-order valence-electron chi connectivity index (χ0n) is 9.01. The predicted octanol–water partition coefficient (Wildman–Crippen LogP) is -0.239. The Labute approximate surface area is 92.1 Å². The molecule has 0 fully saturated rings. The van der Waals surface area contributed by atoms with Gasteiger partial charge in [-0.2, -0.15) is 0 Å². The van der Waals surface area contributed by atoms with Crippen LogP contribution in [0.2, 0.25) is 0 Å². The number of aliphatic hydroxyl groups is 3. The number of rotatable bonds is 4. The van der Waals surface area contributed by atoms with Gasteiger partial charge in [0.1, 0.15) is 29.3 Å². The SMILES string of the molecule is COC(=O)c1cc(C(O)C(O)CO)oc1C. The molecule has 1 aromatic rings. The molecule has 0 saturated carbocycles. The van der Waals surface area contributed by atoms with Crippen molar-refractivity contribution in [3.8, 4) is 0 Å². The van der Waals surface area contributed by atoms with Gasteiger partial charge in [-0.1, -0.05) is 0 Å². The molecule has 16 heavy (non-hydrogen) atoms. The van der Waals surface area contributed by atoms with Gasteiger partial charge < -0.3 is 24.5 Å². The zero-order chi connectivity index (χ0) is 12.3. The van der Waals surface area contributed by atoms with Crippen molar-refractivity contribution >= 4 is 5.97 Å². The first-order valence-corrected chi connectivity index (χ1v) is 4.66. The molecule has 0 radical (unpaired) electrons. The summed E-state index contributed by atoms with van der Waals surface area (Å²) in [6, 6.07) is 1.28. The van der Waals surface area contributed by atoms with Crippen LogP contribution >= 0.6 is 0 Å². The maximum Gasteiger partial charge on any atom is 0.341 e. The average molecular weight is 230 g/mol. The van der Waals surface area contributed by atoms with Crippen molar-refractivity contribution in [2.75, 3.05) is 13.7 Å². The van der Waals surface area contributed by atoms with Crippen molar-refractivity contribution in [3.63, 3.8) is 0 Å². The van der Waals surface area contributed by atoms with Crippen molar-refractivity contribution in [2.24, 2.45) is 0 Å². The van der Waals surface area contributed by atoms with E-state index in [0.717, 1.165) is 0 Å². The second-order valence-corrected chi connectivity index (χ2v) is 3.30. The van der Waals surface area contributed by atoms with Crippen molar-refractivity contribution in [1.29, 1.82) is 0 Å². The lowest BCUT2D eigenvalue weighted by Crippen LogP contribution is -2.21. The lowest BCUT2D eigenvalue weighted by Gasteiger charge is -2.12. The molecule has 0 amide bonds. The Balaban J connectivity index is 2.96. The fourth-order valence-electron chi connectivity index (χ4n) is 1.25. The largest absolute Gasteiger partial charge is 0.465 e. The molecule has 0 bridgehead atoms. The van der Waals surface area contributed by atoms with Crippen LogP contribution in [0.25, 0.3) is 0 Å². The smallest absolute Gasteiger partial charge is 0.341 e. The summed E-state index contributed by atoms with van der Waals surface area (Å²) in [5.41, 5.74) is 0.182. The van der Waals surface area contributed by atoms with E-state index in [1.54, 1.807) is 0 Å². The van der Waals surface area contributed by atoms with Gasteiger partial charge in [0.2, 0.25) is 0 Å². The van der Waals surface area contributed by atoms with E-state index < -0.39 is 24.8 Å². The van der Waals surface area contributed by atoms with E-state index in [2.05, 4.69) is 4.74 Å². The van der Waals surface area contributed by atoms with E-state index in [4.69, 9.17) is 9.52 Å². The molecule has 0 aliphatic heterocycles. The average Bonchev–Trinajstić information content (AvgIpc) is 2.68. The minimum absolute atomic E-state index is 0.0134. The van der Waals surface area contributed by atoms with E-state index in [0.29, 0.717) is 0 Å². The number of aryl methyl sites for hydroxylation is 1. The highest BCUT2D eigenvalue weighted by molar-refractivity contribution is 5.90. The standard InChI is InChI=1S/C10H14O6/c1-5-6(10(14)15-2)3-8(16-5)9(13)7(12)4-11/h3,7,9,11-13H,4H2,1-2H3. The summed E-state index contributed by atoms with van der Waals surface area (Å²) >= 11 is 0. The fourth-order valence-corrected chi connectivity index (χ4v) is 1.25. The van der Waals surface area contributed by atoms with E-state index >= 15 is 0 Å². The maximum absolute atomic E-state index is 11.2. The Morgan fingerprint density at radius 2 is 2.19 bits per heavy atom. The van der Waals surface area contributed by atoms with Crippen LogP contribution in [0.1, 0.15) is 28.0 Å². The molecule has 6 nitrogen and oxygen atoms in total. The molecule has 2 unspecified atom stereocenters. The molecule has 0 spiro atoms. The number of ether oxygens (including phenoxy) is 1. The molecule has 1 aromatic heterocycles. The first-order valence-electron chi connectivity index (χ1n) is 4.66. The first kappa shape index (κ1) is 12.7. The van der Waals surface area contributed by atoms with Gasteiger partial charge >= 0.3 is 5.97 Å². The number of methoxy groups -OCH3 is 1. The number of carbonyl (C=O) groups excluding carboxylic acids is 1. The molecule has 6 heteroatoms. The Kier molecular flexibility index (Phi) is 4.05. The third kappa shape index (κ3) is 2.41. The summed E-state index contributed by atoms with van der Waals surface area (Å²) in [6.45, 7) is 0.933. The Bertz CT molecular complexity index is 369. The third-order valence-electron chi connectivity index (χ3n) is 2.19. The molecule has 1 heterocycles. The summed E-state index contributed by atoms with van der Waals surface area (Å²) < 4.78 is 9.60. The van der Waals surface area contributed by atoms with Crippen LogP contribution in [0.15, 0.2) is 10.5 Å². The number of carbonyl (C=O) groups is 1. The molecule has 0 saturated heterocycles. The van der Waals surface area contributed by atoms with Gasteiger partial charge in [-0.15, -0.1) is 0 Å². The maximum atomic E-state index is 11.2. The zero-order valence-corrected chi connectivity index (χ0v) is 9.01. The molecule has 3 N–H and O–H groups in total. The summed E-state index contributed by atoms with van der Waals surface area (Å²) in [5.74, 6) is -0.288. The summed E-state index contributed by atoms with van der Waals surface area (Å²) in [4.78, 5) is 11.2. The minimum Gasteiger partial charge on any atom is -0.465 e. The van der Waals surface area contributed by atoms with Gasteiger partial charge in [0.15, 0.2) is 0 Å². The number of furan rings is 1. The molecule has 90 valence electrons. The first-order chi connectivity index (χ1) is 7.51. The molecule has 2 atom stereocenters. The van der Waals surface area contributed by atoms with Crippen molar-refractivity contribution < 1.29 is 29.3 Å². The highest BCUT2D eigenvalue weighted by Crippen LogP contribution is 2.23. The highest BCUT2D eigenvalue weighted by Gasteiger charge is 2.24. The van der Waals surface area contributed by atoms with Crippen LogP contribution in [-0.4, -0.2) is 41.1 Å². The monoisotopic (exact) mass is 230 g/mol. The van der Waals surface area contributed by atoms with Crippen LogP contribution in [0.3, 0.4) is 0 Å². The van der Waals surface area contributed by atoms with E-state index in [9.17, 15) is 15.0 Å². The van der Waals surface area contributed by atoms with Crippen LogP contribution < -0.4 is 0 Å². The molecule has 0 aliphatic carbocycles. The molecular formula is C10H14O6. The molecule has 0 aromatic carbocycles. The van der Waals surface area contributed by atoms with Gasteiger partial charge in [-0.05, 0) is 13.0 Å². The van der Waals surface area contributed by atoms with Gasteiger partial charge in [0.25, 0.3) is 0 Å². The van der Waals surface area contributed by atoms with Crippen molar-refractivity contribution in [2.45, 2.75) is 19.1 Å². The minimum atomic E-state index is -1.37. The Morgan fingerprint density at radius 3 is 2.69 bits per heavy atom. The molecule has 1 rings (SSSR count). The molecule has 0 aliphatic rings. The normalized spacial score (nSPS) is 14.6. The summed E-state index contributed by atoms with van der Waals surface area (Å²) in [6.07, 6.45) is -2.72. The predicted molar refractivity (Wildman–Crippen MR) is 52.8 cm³/mol. The summed E-state index contributed by atoms with van der Waals surface area (Å²) in [5, 5.41) is 27.4. The fraction of sp³-hybridized carbons (Fsp3) is 0.500. The van der Waals surface area contributed by atoms with Gasteiger partial charge in [0.05, 0.1) is 13.7 Å². The number of hydrogen-bond donors (Lipinski definition) is 3. The van der Waals surface area contributed by atoms with Crippen molar-refractivity contribution in [1.82, 2.24) is 0 Å². The molecular weight excluding hydrogens is 216 g/mol. The highest BCUT2D eigenvalue weighted by atomic mass is 16.5. The van der Waals surface area contributed by atoms with Crippen LogP contribution in [0, 0.1) is 6.92 Å². The van der Waals surface area contributed by atoms with Gasteiger partial charge in [-0.25, -0.2) is 4.79 Å². The lowest BCUT2D eigenvalue weighted by molar-refractivity contribution is -0.0254. The van der Waals surface area contributed by atoms with Crippen LogP contribution in [0.4, 0.5) is 0 Å². The van der Waals surface area contributed by atoms with E-state index in [1.165, 1.54) is 20.1 Å². The second-order valence-electron chi connectivity index (χ2n) is 3.30. The number of aliphatic hydroxyl groups excluding tert-OH is 3. The number of hydrogen-bond acceptors (Lipinski definition) is 6. The van der Waals surface area contributed by atoms with Crippen LogP contribution in [-0.2, 0) is 4.74 Å². The van der Waals surface area contributed by atoms with E-state index in [1.807, 2.05) is 0 Å². The quantitative estimate of drug-likeness (QED) is 0.617. The third-order valence-corrected chi connectivity index (χ3v) is 2.19. The Hall–Kier alpha value is -1.37. The Morgan fingerprint density at radius 1 is 1.56 bits per heavy atom. The van der Waals surface area contributed by atoms with Crippen molar-refractivity contribution in [3.05, 3.63) is 23.2 Å². The van der Waals surface area contributed by atoms with Crippen LogP contribution in [0.5, 0.6) is 0 Å². The second kappa shape index (κ2) is 5.11.